The van der Waals surface area contributed by atoms with Crippen molar-refractivity contribution in [1.29, 1.82) is 0 Å². The molecule has 0 bridgehead atoms. The van der Waals surface area contributed by atoms with Crippen LogP contribution in [0.15, 0.2) is 6.07 Å². The number of aromatic nitrogens is 2. The second-order valence-electron chi connectivity index (χ2n) is 4.30. The summed E-state index contributed by atoms with van der Waals surface area (Å²) in [5, 5.41) is 17.2. The third-order valence-corrected chi connectivity index (χ3v) is 2.77. The van der Waals surface area contributed by atoms with Crippen LogP contribution in [0.5, 0.6) is 0 Å². The van der Waals surface area contributed by atoms with Gasteiger partial charge < -0.3 is 15.4 Å². The van der Waals surface area contributed by atoms with E-state index in [1.54, 1.807) is 13.8 Å². The van der Waals surface area contributed by atoms with Crippen molar-refractivity contribution in [3.05, 3.63) is 21.9 Å². The van der Waals surface area contributed by atoms with Gasteiger partial charge in [0.1, 0.15) is 6.04 Å². The van der Waals surface area contributed by atoms with Crippen molar-refractivity contribution in [2.24, 2.45) is 0 Å². The van der Waals surface area contributed by atoms with Gasteiger partial charge in [0.25, 0.3) is 0 Å². The SMILES string of the molecule is Cc1cc([N+](=O)[O-])nn1C(C)C(=O)NC1CC1. The Bertz CT molecular complexity index is 464. The van der Waals surface area contributed by atoms with Crippen LogP contribution >= 0.6 is 0 Å². The van der Waals surface area contributed by atoms with Crippen LogP contribution in [0.1, 0.15) is 31.5 Å². The number of carbonyl (C=O) groups excluding carboxylic acids is 1. The zero-order valence-electron chi connectivity index (χ0n) is 9.71. The normalized spacial score (nSPS) is 16.6. The number of hydrogen-bond donors (Lipinski definition) is 1. The third kappa shape index (κ3) is 2.43. The first-order valence-electron chi connectivity index (χ1n) is 5.50. The van der Waals surface area contributed by atoms with Gasteiger partial charge in [-0.15, -0.1) is 0 Å². The maximum absolute atomic E-state index is 11.8. The summed E-state index contributed by atoms with van der Waals surface area (Å²) in [7, 11) is 0. The van der Waals surface area contributed by atoms with E-state index in [2.05, 4.69) is 10.4 Å². The molecular weight excluding hydrogens is 224 g/mol. The molecule has 17 heavy (non-hydrogen) atoms. The Morgan fingerprint density at radius 1 is 1.71 bits per heavy atom. The highest BCUT2D eigenvalue weighted by Gasteiger charge is 2.29. The number of hydrogen-bond acceptors (Lipinski definition) is 4. The van der Waals surface area contributed by atoms with E-state index >= 15 is 0 Å². The van der Waals surface area contributed by atoms with Crippen molar-refractivity contribution in [2.45, 2.75) is 38.8 Å². The second kappa shape index (κ2) is 4.15. The molecule has 1 fully saturated rings. The summed E-state index contributed by atoms with van der Waals surface area (Å²) in [6, 6.07) is 1.11. The molecule has 1 N–H and O–H groups in total. The van der Waals surface area contributed by atoms with Gasteiger partial charge in [-0.3, -0.25) is 4.79 Å². The molecule has 1 saturated carbocycles. The number of amides is 1. The van der Waals surface area contributed by atoms with E-state index in [0.717, 1.165) is 12.8 Å². The topological polar surface area (TPSA) is 90.1 Å². The molecule has 0 radical (unpaired) electrons. The Hall–Kier alpha value is -1.92. The Morgan fingerprint density at radius 3 is 2.82 bits per heavy atom. The zero-order chi connectivity index (χ0) is 12.6. The van der Waals surface area contributed by atoms with E-state index in [1.165, 1.54) is 10.7 Å². The Labute approximate surface area is 98.0 Å². The summed E-state index contributed by atoms with van der Waals surface area (Å²) in [6.45, 7) is 3.38. The molecule has 0 spiro atoms. The van der Waals surface area contributed by atoms with Gasteiger partial charge in [0.15, 0.2) is 0 Å². The number of nitrogens with one attached hydrogen (secondary N) is 1. The summed E-state index contributed by atoms with van der Waals surface area (Å²) in [5.74, 6) is -0.373. The highest BCUT2D eigenvalue weighted by molar-refractivity contribution is 5.80. The Morgan fingerprint density at radius 2 is 2.35 bits per heavy atom. The summed E-state index contributed by atoms with van der Waals surface area (Å²) in [4.78, 5) is 21.8. The minimum Gasteiger partial charge on any atom is -0.358 e. The van der Waals surface area contributed by atoms with Crippen LogP contribution in [-0.2, 0) is 4.79 Å². The molecule has 0 saturated heterocycles. The maximum atomic E-state index is 11.8. The Kier molecular flexibility index (Phi) is 2.83. The average molecular weight is 238 g/mol. The molecule has 1 amide bonds. The molecule has 7 heteroatoms. The highest BCUT2D eigenvalue weighted by Crippen LogP contribution is 2.21. The largest absolute Gasteiger partial charge is 0.390 e. The van der Waals surface area contributed by atoms with Crippen LogP contribution in [0.4, 0.5) is 5.82 Å². The molecule has 1 aromatic rings. The van der Waals surface area contributed by atoms with Gasteiger partial charge in [0.05, 0.1) is 16.9 Å². The summed E-state index contributed by atoms with van der Waals surface area (Å²) >= 11 is 0. The van der Waals surface area contributed by atoms with E-state index in [4.69, 9.17) is 0 Å². The molecular formula is C10H14N4O3. The van der Waals surface area contributed by atoms with E-state index < -0.39 is 11.0 Å². The first-order chi connectivity index (χ1) is 7.99. The molecule has 1 atom stereocenters. The lowest BCUT2D eigenvalue weighted by Crippen LogP contribution is -2.33. The van der Waals surface area contributed by atoms with Crippen LogP contribution < -0.4 is 5.32 Å². The molecule has 0 aromatic carbocycles. The van der Waals surface area contributed by atoms with Gasteiger partial charge in [-0.1, -0.05) is 0 Å². The van der Waals surface area contributed by atoms with E-state index in [-0.39, 0.29) is 17.8 Å². The van der Waals surface area contributed by atoms with Gasteiger partial charge in [-0.2, -0.15) is 4.68 Å². The summed E-state index contributed by atoms with van der Waals surface area (Å²) in [6.07, 6.45) is 2.02. The predicted octanol–water partition coefficient (Wildman–Crippen LogP) is 0.939. The van der Waals surface area contributed by atoms with Gasteiger partial charge in [0.2, 0.25) is 5.91 Å². The number of aryl methyl sites for hydroxylation is 1. The molecule has 2 rings (SSSR count). The van der Waals surface area contributed by atoms with Crippen molar-refractivity contribution in [3.8, 4) is 0 Å². The van der Waals surface area contributed by atoms with Crippen LogP contribution in [-0.4, -0.2) is 26.7 Å². The molecule has 7 nitrogen and oxygen atoms in total. The molecule has 1 aromatic heterocycles. The lowest BCUT2D eigenvalue weighted by molar-refractivity contribution is -0.389. The third-order valence-electron chi connectivity index (χ3n) is 2.77. The predicted molar refractivity (Wildman–Crippen MR) is 59.5 cm³/mol. The molecule has 1 aliphatic rings. The number of nitro groups is 1. The molecule has 1 heterocycles. The smallest absolute Gasteiger partial charge is 0.358 e. The molecule has 1 aliphatic carbocycles. The van der Waals surface area contributed by atoms with Crippen molar-refractivity contribution in [2.75, 3.05) is 0 Å². The highest BCUT2D eigenvalue weighted by atomic mass is 16.6. The molecule has 1 unspecified atom stereocenters. The van der Waals surface area contributed by atoms with E-state index in [1.807, 2.05) is 0 Å². The molecule has 0 aliphatic heterocycles. The van der Waals surface area contributed by atoms with Crippen LogP contribution in [0.2, 0.25) is 0 Å². The van der Waals surface area contributed by atoms with Crippen LogP contribution in [0, 0.1) is 17.0 Å². The Balaban J connectivity index is 2.14. The van der Waals surface area contributed by atoms with Gasteiger partial charge in [-0.25, -0.2) is 0 Å². The lowest BCUT2D eigenvalue weighted by atomic mass is 10.3. The van der Waals surface area contributed by atoms with Gasteiger partial charge in [-0.05, 0) is 31.6 Å². The zero-order valence-corrected chi connectivity index (χ0v) is 9.71. The summed E-state index contributed by atoms with van der Waals surface area (Å²) in [5.41, 5.74) is 0.607. The van der Waals surface area contributed by atoms with Crippen LogP contribution in [0.25, 0.3) is 0 Å². The van der Waals surface area contributed by atoms with E-state index in [9.17, 15) is 14.9 Å². The van der Waals surface area contributed by atoms with Crippen molar-refractivity contribution in [3.63, 3.8) is 0 Å². The number of rotatable bonds is 4. The van der Waals surface area contributed by atoms with Gasteiger partial charge in [0, 0.05) is 6.04 Å². The van der Waals surface area contributed by atoms with E-state index in [0.29, 0.717) is 5.69 Å². The maximum Gasteiger partial charge on any atom is 0.390 e. The quantitative estimate of drug-likeness (QED) is 0.624. The fourth-order valence-corrected chi connectivity index (χ4v) is 1.61. The van der Waals surface area contributed by atoms with Crippen molar-refractivity contribution < 1.29 is 9.72 Å². The molecule has 92 valence electrons. The minimum atomic E-state index is -0.561. The number of carbonyl (C=O) groups is 1. The van der Waals surface area contributed by atoms with Gasteiger partial charge >= 0.3 is 5.82 Å². The fraction of sp³-hybridized carbons (Fsp3) is 0.600. The first kappa shape index (κ1) is 11.6. The second-order valence-corrected chi connectivity index (χ2v) is 4.30. The van der Waals surface area contributed by atoms with Crippen LogP contribution in [0.3, 0.4) is 0 Å². The summed E-state index contributed by atoms with van der Waals surface area (Å²) < 4.78 is 1.38. The fourth-order valence-electron chi connectivity index (χ4n) is 1.61. The average Bonchev–Trinajstić information content (AvgIpc) is 2.98. The number of nitrogens with zero attached hydrogens (tertiary/aromatic N) is 3. The van der Waals surface area contributed by atoms with Crippen molar-refractivity contribution in [1.82, 2.24) is 15.1 Å². The lowest BCUT2D eigenvalue weighted by Gasteiger charge is -2.10. The standard InChI is InChI=1S/C10H14N4O3/c1-6-5-9(14(16)17)12-13(6)7(2)10(15)11-8-3-4-8/h5,7-8H,3-4H2,1-2H3,(H,11,15). The minimum absolute atomic E-state index is 0.145. The first-order valence-corrected chi connectivity index (χ1v) is 5.50. The monoisotopic (exact) mass is 238 g/mol. The van der Waals surface area contributed by atoms with Crippen molar-refractivity contribution >= 4 is 11.7 Å².